The number of para-hydroxylation sites is 1. The molecule has 1 saturated heterocycles. The number of hydrogen-bond donors (Lipinski definition) is 1. The van der Waals surface area contributed by atoms with Crippen molar-refractivity contribution in [1.82, 2.24) is 15.2 Å². The number of benzene rings is 2. The van der Waals surface area contributed by atoms with Gasteiger partial charge in [0.25, 0.3) is 5.91 Å². The van der Waals surface area contributed by atoms with Crippen molar-refractivity contribution < 1.29 is 9.59 Å². The second-order valence-electron chi connectivity index (χ2n) is 7.17. The largest absolute Gasteiger partial charge is 0.352 e. The topological polar surface area (TPSA) is 62.3 Å². The fourth-order valence-electron chi connectivity index (χ4n) is 3.64. The Labute approximate surface area is 178 Å². The molecule has 0 bridgehead atoms. The second-order valence-corrected chi connectivity index (χ2v) is 8.09. The first-order valence-electron chi connectivity index (χ1n) is 9.83. The molecule has 0 saturated carbocycles. The lowest BCUT2D eigenvalue weighted by molar-refractivity contribution is -0.127. The Morgan fingerprint density at radius 1 is 1.14 bits per heavy atom. The van der Waals surface area contributed by atoms with E-state index < -0.39 is 0 Å². The fourth-order valence-corrected chi connectivity index (χ4v) is 3.90. The molecule has 0 unspecified atom stereocenters. The van der Waals surface area contributed by atoms with Crippen LogP contribution in [0.5, 0.6) is 0 Å². The molecule has 5 nitrogen and oxygen atoms in total. The fraction of sp³-hybridized carbons (Fsp3) is 0.261. The molecule has 2 aromatic carbocycles. The molecule has 0 spiro atoms. The van der Waals surface area contributed by atoms with E-state index in [2.05, 4.69) is 21.2 Å². The predicted octanol–water partition coefficient (Wildman–Crippen LogP) is 4.41. The molecule has 4 rings (SSSR count). The van der Waals surface area contributed by atoms with Crippen molar-refractivity contribution in [1.29, 1.82) is 0 Å². The molecular weight excluding hydrogens is 430 g/mol. The standard InChI is InChI=1S/C23H22BrN3O2/c24-17-10-8-16(9-11-17)21-15-19(18-5-1-2-6-20(18)26-21)23(29)25-12-4-14-27-13-3-7-22(27)28/h1-2,5-6,8-11,15H,3-4,7,12-14H2,(H,25,29). The van der Waals surface area contributed by atoms with Crippen LogP contribution in [0.15, 0.2) is 59.1 Å². The number of carbonyl (C=O) groups excluding carboxylic acids is 2. The molecular formula is C23H22BrN3O2. The summed E-state index contributed by atoms with van der Waals surface area (Å²) in [7, 11) is 0. The molecule has 0 atom stereocenters. The lowest BCUT2D eigenvalue weighted by Crippen LogP contribution is -2.30. The van der Waals surface area contributed by atoms with Gasteiger partial charge in [0.1, 0.15) is 0 Å². The van der Waals surface area contributed by atoms with E-state index in [0.29, 0.717) is 25.1 Å². The zero-order valence-electron chi connectivity index (χ0n) is 16.0. The highest BCUT2D eigenvalue weighted by Gasteiger charge is 2.19. The van der Waals surface area contributed by atoms with E-state index in [9.17, 15) is 9.59 Å². The Morgan fingerprint density at radius 3 is 2.69 bits per heavy atom. The van der Waals surface area contributed by atoms with Gasteiger partial charge in [0.05, 0.1) is 16.8 Å². The van der Waals surface area contributed by atoms with Crippen LogP contribution in [-0.2, 0) is 4.79 Å². The van der Waals surface area contributed by atoms with Crippen molar-refractivity contribution in [2.24, 2.45) is 0 Å². The predicted molar refractivity (Wildman–Crippen MR) is 118 cm³/mol. The monoisotopic (exact) mass is 451 g/mol. The zero-order valence-corrected chi connectivity index (χ0v) is 17.6. The van der Waals surface area contributed by atoms with Crippen LogP contribution in [0, 0.1) is 0 Å². The summed E-state index contributed by atoms with van der Waals surface area (Å²) in [5, 5.41) is 3.84. The summed E-state index contributed by atoms with van der Waals surface area (Å²) in [6.45, 7) is 2.06. The number of aromatic nitrogens is 1. The van der Waals surface area contributed by atoms with Gasteiger partial charge in [-0.1, -0.05) is 46.3 Å². The van der Waals surface area contributed by atoms with Crippen LogP contribution in [0.4, 0.5) is 0 Å². The summed E-state index contributed by atoms with van der Waals surface area (Å²) >= 11 is 3.45. The number of fused-ring (bicyclic) bond motifs is 1. The molecule has 148 valence electrons. The summed E-state index contributed by atoms with van der Waals surface area (Å²) in [4.78, 5) is 31.2. The minimum absolute atomic E-state index is 0.116. The number of carbonyl (C=O) groups is 2. The number of nitrogens with one attached hydrogen (secondary N) is 1. The summed E-state index contributed by atoms with van der Waals surface area (Å²) in [6, 6.07) is 17.4. The van der Waals surface area contributed by atoms with Gasteiger partial charge in [0.15, 0.2) is 0 Å². The van der Waals surface area contributed by atoms with Crippen molar-refractivity contribution in [2.75, 3.05) is 19.6 Å². The highest BCUT2D eigenvalue weighted by Crippen LogP contribution is 2.26. The molecule has 2 amide bonds. The van der Waals surface area contributed by atoms with Crippen LogP contribution in [0.1, 0.15) is 29.6 Å². The van der Waals surface area contributed by atoms with E-state index in [4.69, 9.17) is 4.98 Å². The molecule has 2 heterocycles. The van der Waals surface area contributed by atoms with Crippen LogP contribution < -0.4 is 5.32 Å². The van der Waals surface area contributed by atoms with Crippen LogP contribution in [0.3, 0.4) is 0 Å². The Morgan fingerprint density at radius 2 is 1.93 bits per heavy atom. The third kappa shape index (κ3) is 4.48. The van der Waals surface area contributed by atoms with Crippen molar-refractivity contribution in [3.8, 4) is 11.3 Å². The minimum Gasteiger partial charge on any atom is -0.352 e. The summed E-state index contributed by atoms with van der Waals surface area (Å²) in [5.41, 5.74) is 3.14. The van der Waals surface area contributed by atoms with Crippen LogP contribution in [0.2, 0.25) is 0 Å². The third-order valence-corrected chi connectivity index (χ3v) is 5.69. The molecule has 1 aliphatic heterocycles. The molecule has 1 aromatic heterocycles. The summed E-state index contributed by atoms with van der Waals surface area (Å²) in [5.74, 6) is 0.102. The van der Waals surface area contributed by atoms with Crippen LogP contribution in [0.25, 0.3) is 22.2 Å². The number of rotatable bonds is 6. The second kappa shape index (κ2) is 8.74. The average Bonchev–Trinajstić information content (AvgIpc) is 3.15. The maximum absolute atomic E-state index is 12.9. The van der Waals surface area contributed by atoms with Crippen molar-refractivity contribution in [3.63, 3.8) is 0 Å². The molecule has 1 N–H and O–H groups in total. The van der Waals surface area contributed by atoms with E-state index in [0.717, 1.165) is 46.0 Å². The van der Waals surface area contributed by atoms with Gasteiger partial charge in [0.2, 0.25) is 5.91 Å². The van der Waals surface area contributed by atoms with Gasteiger partial charge < -0.3 is 10.2 Å². The van der Waals surface area contributed by atoms with Gasteiger partial charge in [-0.3, -0.25) is 9.59 Å². The molecule has 1 aliphatic rings. The Balaban J connectivity index is 1.52. The highest BCUT2D eigenvalue weighted by molar-refractivity contribution is 9.10. The lowest BCUT2D eigenvalue weighted by atomic mass is 10.0. The molecule has 0 aliphatic carbocycles. The van der Waals surface area contributed by atoms with Crippen LogP contribution >= 0.6 is 15.9 Å². The van der Waals surface area contributed by atoms with E-state index in [-0.39, 0.29) is 11.8 Å². The van der Waals surface area contributed by atoms with Crippen molar-refractivity contribution >= 4 is 38.6 Å². The number of amides is 2. The van der Waals surface area contributed by atoms with Gasteiger partial charge in [0, 0.05) is 41.5 Å². The SMILES string of the molecule is O=C(NCCCN1CCCC1=O)c1cc(-c2ccc(Br)cc2)nc2ccccc12. The molecule has 1 fully saturated rings. The first kappa shape index (κ1) is 19.6. The lowest BCUT2D eigenvalue weighted by Gasteiger charge is -2.15. The van der Waals surface area contributed by atoms with Gasteiger partial charge >= 0.3 is 0 Å². The normalized spacial score (nSPS) is 13.8. The molecule has 29 heavy (non-hydrogen) atoms. The number of likely N-dealkylation sites (tertiary alicyclic amines) is 1. The first-order valence-corrected chi connectivity index (χ1v) is 10.6. The van der Waals surface area contributed by atoms with Gasteiger partial charge in [-0.25, -0.2) is 4.98 Å². The Bertz CT molecular complexity index is 1050. The van der Waals surface area contributed by atoms with Gasteiger partial charge in [-0.2, -0.15) is 0 Å². The van der Waals surface area contributed by atoms with E-state index in [1.54, 1.807) is 0 Å². The number of pyridine rings is 1. The quantitative estimate of drug-likeness (QED) is 0.564. The average molecular weight is 452 g/mol. The summed E-state index contributed by atoms with van der Waals surface area (Å²) in [6.07, 6.45) is 2.33. The first-order chi connectivity index (χ1) is 14.1. The van der Waals surface area contributed by atoms with E-state index >= 15 is 0 Å². The zero-order chi connectivity index (χ0) is 20.2. The van der Waals surface area contributed by atoms with Crippen molar-refractivity contribution in [3.05, 3.63) is 64.6 Å². The van der Waals surface area contributed by atoms with E-state index in [1.807, 2.05) is 59.5 Å². The maximum atomic E-state index is 12.9. The molecule has 0 radical (unpaired) electrons. The highest BCUT2D eigenvalue weighted by atomic mass is 79.9. The molecule has 3 aromatic rings. The van der Waals surface area contributed by atoms with Crippen LogP contribution in [-0.4, -0.2) is 41.3 Å². The molecule has 6 heteroatoms. The number of nitrogens with zero attached hydrogens (tertiary/aromatic N) is 2. The van der Waals surface area contributed by atoms with Gasteiger partial charge in [-0.15, -0.1) is 0 Å². The smallest absolute Gasteiger partial charge is 0.252 e. The number of hydrogen-bond acceptors (Lipinski definition) is 3. The third-order valence-electron chi connectivity index (χ3n) is 5.16. The Kier molecular flexibility index (Phi) is 5.90. The Hall–Kier alpha value is -2.73. The summed E-state index contributed by atoms with van der Waals surface area (Å²) < 4.78 is 0.997. The maximum Gasteiger partial charge on any atom is 0.252 e. The number of halogens is 1. The van der Waals surface area contributed by atoms with Crippen molar-refractivity contribution in [2.45, 2.75) is 19.3 Å². The van der Waals surface area contributed by atoms with Gasteiger partial charge in [-0.05, 0) is 37.1 Å². The van der Waals surface area contributed by atoms with E-state index in [1.165, 1.54) is 0 Å². The minimum atomic E-state index is -0.116.